The molecule has 0 aliphatic heterocycles. The number of hydrogen-bond acceptors (Lipinski definition) is 4. The van der Waals surface area contributed by atoms with Crippen LogP contribution >= 0.6 is 11.3 Å². The molecule has 1 aliphatic rings. The van der Waals surface area contributed by atoms with Crippen LogP contribution in [0.25, 0.3) is 0 Å². The van der Waals surface area contributed by atoms with Gasteiger partial charge in [-0.25, -0.2) is 4.98 Å². The highest BCUT2D eigenvalue weighted by Crippen LogP contribution is 2.32. The van der Waals surface area contributed by atoms with Crippen molar-refractivity contribution in [1.82, 2.24) is 9.88 Å². The quantitative estimate of drug-likeness (QED) is 0.638. The fraction of sp³-hybridized carbons (Fsp3) is 0.545. The average Bonchev–Trinajstić information content (AvgIpc) is 3.35. The maximum Gasteiger partial charge on any atom is 0.226 e. The molecular weight excluding hydrogens is 356 g/mol. The molecule has 0 saturated heterocycles. The Morgan fingerprint density at radius 1 is 1.30 bits per heavy atom. The lowest BCUT2D eigenvalue weighted by atomic mass is 10.1. The first kappa shape index (κ1) is 19.9. The smallest absolute Gasteiger partial charge is 0.226 e. The van der Waals surface area contributed by atoms with E-state index in [1.807, 2.05) is 4.90 Å². The molecule has 146 valence electrons. The van der Waals surface area contributed by atoms with Crippen LogP contribution in [-0.2, 0) is 17.9 Å². The molecule has 0 N–H and O–H groups in total. The second-order valence-corrected chi connectivity index (χ2v) is 9.06. The van der Waals surface area contributed by atoms with Gasteiger partial charge >= 0.3 is 0 Å². The summed E-state index contributed by atoms with van der Waals surface area (Å²) in [5.74, 6) is 1.93. The van der Waals surface area contributed by atoms with Crippen molar-refractivity contribution in [2.75, 3.05) is 6.54 Å². The molecule has 1 aromatic carbocycles. The molecule has 1 saturated carbocycles. The molecule has 0 atom stereocenters. The van der Waals surface area contributed by atoms with E-state index in [0.29, 0.717) is 25.0 Å². The number of aromatic nitrogens is 1. The van der Waals surface area contributed by atoms with Crippen molar-refractivity contribution in [3.8, 4) is 5.75 Å². The summed E-state index contributed by atoms with van der Waals surface area (Å²) in [5, 5.41) is 3.01. The van der Waals surface area contributed by atoms with Crippen LogP contribution in [0, 0.1) is 32.6 Å². The highest BCUT2D eigenvalue weighted by Gasteiger charge is 2.33. The predicted molar refractivity (Wildman–Crippen MR) is 110 cm³/mol. The lowest BCUT2D eigenvalue weighted by Crippen LogP contribution is -2.34. The van der Waals surface area contributed by atoms with Crippen molar-refractivity contribution in [3.05, 3.63) is 44.9 Å². The topological polar surface area (TPSA) is 42.4 Å². The molecule has 1 fully saturated rings. The van der Waals surface area contributed by atoms with Crippen LogP contribution in [0.15, 0.2) is 17.5 Å². The second kappa shape index (κ2) is 8.42. The van der Waals surface area contributed by atoms with Gasteiger partial charge in [0.1, 0.15) is 17.4 Å². The fourth-order valence-electron chi connectivity index (χ4n) is 3.24. The van der Waals surface area contributed by atoms with Gasteiger partial charge in [-0.2, -0.15) is 0 Å². The van der Waals surface area contributed by atoms with Gasteiger partial charge in [0.25, 0.3) is 0 Å². The molecule has 1 amide bonds. The van der Waals surface area contributed by atoms with Gasteiger partial charge in [0, 0.05) is 17.8 Å². The molecule has 27 heavy (non-hydrogen) atoms. The summed E-state index contributed by atoms with van der Waals surface area (Å²) in [5.41, 5.74) is 4.59. The van der Waals surface area contributed by atoms with Crippen LogP contribution in [0.3, 0.4) is 0 Å². The molecular formula is C22H30N2O2S. The zero-order valence-corrected chi connectivity index (χ0v) is 17.9. The number of hydrogen-bond donors (Lipinski definition) is 0. The van der Waals surface area contributed by atoms with Crippen LogP contribution < -0.4 is 4.74 Å². The highest BCUT2D eigenvalue weighted by atomic mass is 32.1. The molecule has 2 aromatic rings. The first-order chi connectivity index (χ1) is 12.8. The van der Waals surface area contributed by atoms with Gasteiger partial charge in [0.15, 0.2) is 0 Å². The van der Waals surface area contributed by atoms with E-state index in [0.717, 1.165) is 35.8 Å². The second-order valence-electron chi connectivity index (χ2n) is 8.11. The van der Waals surface area contributed by atoms with E-state index in [9.17, 15) is 4.79 Å². The van der Waals surface area contributed by atoms with Crippen molar-refractivity contribution in [1.29, 1.82) is 0 Å². The standard InChI is InChI=1S/C22H30N2O2S/c1-14(2)10-24(22(25)18-6-7-18)11-19-13-27-21(23-19)12-26-20-9-15(3)8-16(4)17(20)5/h8-9,13-14,18H,6-7,10-12H2,1-5H3. The summed E-state index contributed by atoms with van der Waals surface area (Å²) in [4.78, 5) is 19.2. The number of nitrogens with zero attached hydrogens (tertiary/aromatic N) is 2. The summed E-state index contributed by atoms with van der Waals surface area (Å²) in [6, 6.07) is 4.25. The van der Waals surface area contributed by atoms with Crippen LogP contribution in [0.4, 0.5) is 0 Å². The summed E-state index contributed by atoms with van der Waals surface area (Å²) >= 11 is 1.61. The van der Waals surface area contributed by atoms with Crippen molar-refractivity contribution in [2.24, 2.45) is 11.8 Å². The maximum atomic E-state index is 12.5. The molecule has 0 spiro atoms. The van der Waals surface area contributed by atoms with E-state index < -0.39 is 0 Å². The van der Waals surface area contributed by atoms with Crippen LogP contribution in [0.1, 0.15) is 54.1 Å². The Morgan fingerprint density at radius 3 is 2.70 bits per heavy atom. The number of benzene rings is 1. The Balaban J connectivity index is 1.63. The van der Waals surface area contributed by atoms with Gasteiger partial charge < -0.3 is 9.64 Å². The number of thiazole rings is 1. The SMILES string of the molecule is Cc1cc(C)c(C)c(OCc2nc(CN(CC(C)C)C(=O)C3CC3)cs2)c1. The average molecular weight is 387 g/mol. The molecule has 4 nitrogen and oxygen atoms in total. The molecule has 5 heteroatoms. The van der Waals surface area contributed by atoms with Crippen molar-refractivity contribution >= 4 is 17.2 Å². The van der Waals surface area contributed by atoms with Crippen molar-refractivity contribution in [3.63, 3.8) is 0 Å². The first-order valence-electron chi connectivity index (χ1n) is 9.76. The van der Waals surface area contributed by atoms with Crippen molar-refractivity contribution in [2.45, 2.75) is 60.6 Å². The minimum atomic E-state index is 0.248. The first-order valence-corrected chi connectivity index (χ1v) is 10.6. The molecule has 1 aliphatic carbocycles. The number of carbonyl (C=O) groups excluding carboxylic acids is 1. The zero-order chi connectivity index (χ0) is 19.6. The third-order valence-electron chi connectivity index (χ3n) is 4.89. The Bertz CT molecular complexity index is 809. The Kier molecular flexibility index (Phi) is 6.20. The summed E-state index contributed by atoms with van der Waals surface area (Å²) in [7, 11) is 0. The van der Waals surface area contributed by atoms with E-state index in [1.54, 1.807) is 11.3 Å². The normalized spacial score (nSPS) is 13.9. The van der Waals surface area contributed by atoms with Gasteiger partial charge in [-0.05, 0) is 62.3 Å². The van der Waals surface area contributed by atoms with Gasteiger partial charge in [0.2, 0.25) is 5.91 Å². The van der Waals surface area contributed by atoms with Gasteiger partial charge in [0.05, 0.1) is 12.2 Å². The van der Waals surface area contributed by atoms with E-state index >= 15 is 0 Å². The molecule has 1 heterocycles. The zero-order valence-electron chi connectivity index (χ0n) is 17.0. The number of ether oxygens (including phenoxy) is 1. The monoisotopic (exact) mass is 386 g/mol. The Hall–Kier alpha value is -1.88. The summed E-state index contributed by atoms with van der Waals surface area (Å²) in [6.45, 7) is 12.4. The molecule has 0 radical (unpaired) electrons. The Morgan fingerprint density at radius 2 is 2.04 bits per heavy atom. The maximum absolute atomic E-state index is 12.5. The summed E-state index contributed by atoms with van der Waals surface area (Å²) < 4.78 is 6.03. The van der Waals surface area contributed by atoms with Gasteiger partial charge in [-0.1, -0.05) is 19.9 Å². The predicted octanol–water partition coefficient (Wildman–Crippen LogP) is 5.04. The lowest BCUT2D eigenvalue weighted by Gasteiger charge is -2.23. The fourth-order valence-corrected chi connectivity index (χ4v) is 3.93. The van der Waals surface area contributed by atoms with Crippen LogP contribution in [0.5, 0.6) is 5.75 Å². The molecule has 0 unspecified atom stereocenters. The van der Waals surface area contributed by atoms with Gasteiger partial charge in [-0.3, -0.25) is 4.79 Å². The van der Waals surface area contributed by atoms with Gasteiger partial charge in [-0.15, -0.1) is 11.3 Å². The van der Waals surface area contributed by atoms with Crippen LogP contribution in [-0.4, -0.2) is 22.3 Å². The third-order valence-corrected chi connectivity index (χ3v) is 5.76. The van der Waals surface area contributed by atoms with Crippen LogP contribution in [0.2, 0.25) is 0 Å². The van der Waals surface area contributed by atoms with E-state index in [4.69, 9.17) is 9.72 Å². The molecule has 0 bridgehead atoms. The van der Waals surface area contributed by atoms with E-state index in [2.05, 4.69) is 52.1 Å². The number of aryl methyl sites for hydroxylation is 2. The highest BCUT2D eigenvalue weighted by molar-refractivity contribution is 7.09. The van der Waals surface area contributed by atoms with E-state index in [1.165, 1.54) is 16.7 Å². The largest absolute Gasteiger partial charge is 0.486 e. The lowest BCUT2D eigenvalue weighted by molar-refractivity contribution is -0.133. The Labute approximate surface area is 166 Å². The number of rotatable bonds is 8. The minimum Gasteiger partial charge on any atom is -0.486 e. The van der Waals surface area contributed by atoms with E-state index in [-0.39, 0.29) is 5.92 Å². The molecule has 3 rings (SSSR count). The van der Waals surface area contributed by atoms with Crippen molar-refractivity contribution < 1.29 is 9.53 Å². The number of carbonyl (C=O) groups is 1. The third kappa shape index (κ3) is 5.32. The minimum absolute atomic E-state index is 0.248. The number of amides is 1. The molecule has 1 aromatic heterocycles. The summed E-state index contributed by atoms with van der Waals surface area (Å²) in [6.07, 6.45) is 2.08.